The van der Waals surface area contributed by atoms with Crippen LogP contribution >= 0.6 is 11.6 Å². The number of hydrogen-bond donors (Lipinski definition) is 4. The van der Waals surface area contributed by atoms with Crippen LogP contribution in [-0.4, -0.2) is 65.3 Å². The van der Waals surface area contributed by atoms with E-state index in [9.17, 15) is 9.59 Å². The first kappa shape index (κ1) is 23.1. The first-order valence-corrected chi connectivity index (χ1v) is 11.7. The van der Waals surface area contributed by atoms with E-state index in [1.807, 2.05) is 18.2 Å². The van der Waals surface area contributed by atoms with Gasteiger partial charge in [-0.2, -0.15) is 0 Å². The van der Waals surface area contributed by atoms with Gasteiger partial charge in [-0.05, 0) is 44.2 Å². The third-order valence-electron chi connectivity index (χ3n) is 6.49. The number of aromatic nitrogens is 2. The molecule has 3 aromatic rings. The van der Waals surface area contributed by atoms with Crippen molar-refractivity contribution in [2.45, 2.75) is 30.5 Å². The van der Waals surface area contributed by atoms with Gasteiger partial charge >= 0.3 is 0 Å². The molecular weight excluding hydrogens is 470 g/mol. The summed E-state index contributed by atoms with van der Waals surface area (Å²) in [4.78, 5) is 40.0. The fraction of sp³-hybridized carbons (Fsp3) is 0.333. The molecule has 3 heterocycles. The van der Waals surface area contributed by atoms with E-state index in [1.165, 1.54) is 6.34 Å². The molecule has 2 unspecified atom stereocenters. The van der Waals surface area contributed by atoms with Crippen LogP contribution in [0.1, 0.15) is 18.7 Å². The number of piperidine rings is 1. The highest BCUT2D eigenvalue weighted by atomic mass is 35.5. The first-order valence-electron chi connectivity index (χ1n) is 11.4. The smallest absolute Gasteiger partial charge is 0.253 e. The quantitative estimate of drug-likeness (QED) is 0.412. The zero-order valence-electron chi connectivity index (χ0n) is 19.1. The number of nitrogens with one attached hydrogen (secondary N) is 3. The Balaban J connectivity index is 1.35. The zero-order valence-corrected chi connectivity index (χ0v) is 19.9. The van der Waals surface area contributed by atoms with Crippen molar-refractivity contribution < 1.29 is 14.3 Å². The molecule has 5 rings (SSSR count). The maximum Gasteiger partial charge on any atom is 0.253 e. The Morgan fingerprint density at radius 2 is 2.00 bits per heavy atom. The molecule has 0 spiro atoms. The van der Waals surface area contributed by atoms with E-state index < -0.39 is 23.4 Å². The number of anilines is 1. The third-order valence-corrected chi connectivity index (χ3v) is 6.81. The lowest BCUT2D eigenvalue weighted by atomic mass is 9.89. The lowest BCUT2D eigenvalue weighted by Gasteiger charge is -2.29. The lowest BCUT2D eigenvalue weighted by Crippen LogP contribution is -2.59. The number of ether oxygens (including phenoxy) is 1. The second-order valence-corrected chi connectivity index (χ2v) is 9.26. The first-order chi connectivity index (χ1) is 16.9. The van der Waals surface area contributed by atoms with Crippen molar-refractivity contribution >= 4 is 46.5 Å². The summed E-state index contributed by atoms with van der Waals surface area (Å²) in [6, 6.07) is 11.2. The summed E-state index contributed by atoms with van der Waals surface area (Å²) in [7, 11) is 2.09. The molecule has 10 nitrogen and oxygen atoms in total. The molecule has 0 bridgehead atoms. The Morgan fingerprint density at radius 3 is 2.71 bits per heavy atom. The van der Waals surface area contributed by atoms with Crippen LogP contribution in [0, 0.1) is 0 Å². The highest BCUT2D eigenvalue weighted by Gasteiger charge is 2.54. The van der Waals surface area contributed by atoms with Gasteiger partial charge in [0.2, 0.25) is 5.54 Å². The molecule has 2 atom stereocenters. The number of nitrogens with zero attached hydrogens (tertiary/aromatic N) is 3. The van der Waals surface area contributed by atoms with Crippen molar-refractivity contribution in [2.24, 2.45) is 10.7 Å². The van der Waals surface area contributed by atoms with Crippen LogP contribution < -0.4 is 21.1 Å². The van der Waals surface area contributed by atoms with E-state index in [-0.39, 0.29) is 11.9 Å². The minimum Gasteiger partial charge on any atom is -0.490 e. The summed E-state index contributed by atoms with van der Waals surface area (Å²) in [6.45, 7) is 1.96. The number of primary amides is 1. The molecule has 182 valence electrons. The summed E-state index contributed by atoms with van der Waals surface area (Å²) in [5.74, 6) is -0.507. The second-order valence-electron chi connectivity index (χ2n) is 8.85. The van der Waals surface area contributed by atoms with E-state index in [0.29, 0.717) is 27.5 Å². The number of H-pyrrole nitrogens is 1. The minimum atomic E-state index is -1.67. The van der Waals surface area contributed by atoms with E-state index in [2.05, 4.69) is 37.5 Å². The van der Waals surface area contributed by atoms with E-state index in [0.717, 1.165) is 25.9 Å². The highest BCUT2D eigenvalue weighted by molar-refractivity contribution is 6.34. The lowest BCUT2D eigenvalue weighted by molar-refractivity contribution is -0.129. The van der Waals surface area contributed by atoms with E-state index in [4.69, 9.17) is 22.1 Å². The van der Waals surface area contributed by atoms with E-state index in [1.54, 1.807) is 24.3 Å². The van der Waals surface area contributed by atoms with Gasteiger partial charge in [0.05, 0.1) is 28.1 Å². The highest BCUT2D eigenvalue weighted by Crippen LogP contribution is 2.33. The number of carbonyl (C=O) groups excluding carboxylic acids is 2. The molecule has 1 fully saturated rings. The number of para-hydroxylation sites is 2. The maximum absolute atomic E-state index is 13.3. The van der Waals surface area contributed by atoms with Crippen molar-refractivity contribution in [1.29, 1.82) is 0 Å². The summed E-state index contributed by atoms with van der Waals surface area (Å²) in [5.41, 5.74) is 5.83. The van der Waals surface area contributed by atoms with Gasteiger partial charge in [0, 0.05) is 19.2 Å². The molecule has 0 aliphatic carbocycles. The standard InChI is InChI=1S/C24H26ClN7O3/c1-32-10-8-14(9-11-32)35-15-6-7-17(16(25)12-15)29-21(33)20-24(22(26)34,28-13-27-20)23-30-18-4-2-3-5-19(18)31-23/h2-7,12-14,20H,8-11H2,1H3,(H2,26,34)(H,27,28)(H,29,33)(H,30,31). The number of aliphatic imine (C=N–C) groups is 1. The van der Waals surface area contributed by atoms with Gasteiger partial charge in [-0.25, -0.2) is 4.98 Å². The van der Waals surface area contributed by atoms with Crippen LogP contribution in [0.25, 0.3) is 11.0 Å². The molecule has 0 radical (unpaired) electrons. The van der Waals surface area contributed by atoms with Crippen molar-refractivity contribution in [3.8, 4) is 5.75 Å². The Bertz CT molecular complexity index is 1270. The van der Waals surface area contributed by atoms with Gasteiger partial charge in [0.25, 0.3) is 11.8 Å². The topological polar surface area (TPSA) is 138 Å². The van der Waals surface area contributed by atoms with Gasteiger partial charge in [-0.3, -0.25) is 14.6 Å². The molecule has 5 N–H and O–H groups in total. The fourth-order valence-corrected chi connectivity index (χ4v) is 4.71. The Morgan fingerprint density at radius 1 is 1.23 bits per heavy atom. The van der Waals surface area contributed by atoms with Crippen LogP contribution in [0.2, 0.25) is 5.02 Å². The number of amides is 2. The fourth-order valence-electron chi connectivity index (χ4n) is 4.50. The number of nitrogens with two attached hydrogens (primary N) is 1. The van der Waals surface area contributed by atoms with Crippen LogP contribution in [0.4, 0.5) is 5.69 Å². The number of imidazole rings is 1. The van der Waals surface area contributed by atoms with Crippen LogP contribution in [0.5, 0.6) is 5.75 Å². The number of hydrogen-bond acceptors (Lipinski definition) is 7. The maximum atomic E-state index is 13.3. The van der Waals surface area contributed by atoms with Gasteiger partial charge < -0.3 is 31.0 Å². The normalized spacial score (nSPS) is 22.7. The Kier molecular flexibility index (Phi) is 6.08. The van der Waals surface area contributed by atoms with Crippen molar-refractivity contribution in [2.75, 3.05) is 25.5 Å². The number of fused-ring (bicyclic) bond motifs is 1. The molecule has 35 heavy (non-hydrogen) atoms. The molecule has 11 heteroatoms. The molecule has 2 aromatic carbocycles. The molecule has 0 saturated carbocycles. The summed E-state index contributed by atoms with van der Waals surface area (Å²) in [6.07, 6.45) is 3.30. The monoisotopic (exact) mass is 495 g/mol. The number of halogens is 1. The molecule has 2 amide bonds. The molecule has 2 aliphatic heterocycles. The van der Waals surface area contributed by atoms with Crippen molar-refractivity contribution in [3.05, 3.63) is 53.3 Å². The van der Waals surface area contributed by atoms with Gasteiger partial charge in [0.15, 0.2) is 6.04 Å². The predicted molar refractivity (Wildman–Crippen MR) is 134 cm³/mol. The predicted octanol–water partition coefficient (Wildman–Crippen LogP) is 2.01. The average molecular weight is 496 g/mol. The molecular formula is C24H26ClN7O3. The molecule has 1 saturated heterocycles. The number of likely N-dealkylation sites (tertiary alicyclic amines) is 1. The Hall–Kier alpha value is -3.63. The SMILES string of the molecule is CN1CCC(Oc2ccc(NC(=O)C3N=CNC3(C(N)=O)c3nc4ccccc4[nH]3)c(Cl)c2)CC1. The van der Waals surface area contributed by atoms with Gasteiger partial charge in [0.1, 0.15) is 17.7 Å². The van der Waals surface area contributed by atoms with E-state index >= 15 is 0 Å². The van der Waals surface area contributed by atoms with Crippen LogP contribution in [-0.2, 0) is 15.1 Å². The third kappa shape index (κ3) is 4.30. The average Bonchev–Trinajstić information content (AvgIpc) is 3.47. The number of carbonyl (C=O) groups is 2. The molecule has 2 aliphatic rings. The van der Waals surface area contributed by atoms with Crippen LogP contribution in [0.3, 0.4) is 0 Å². The zero-order chi connectivity index (χ0) is 24.6. The molecule has 1 aromatic heterocycles. The van der Waals surface area contributed by atoms with Gasteiger partial charge in [-0.15, -0.1) is 0 Å². The Labute approximate surface area is 206 Å². The second kappa shape index (κ2) is 9.20. The number of rotatable bonds is 6. The summed E-state index contributed by atoms with van der Waals surface area (Å²) < 4.78 is 6.06. The van der Waals surface area contributed by atoms with Crippen LogP contribution in [0.15, 0.2) is 47.5 Å². The van der Waals surface area contributed by atoms with Crippen molar-refractivity contribution in [1.82, 2.24) is 20.2 Å². The number of aromatic amines is 1. The minimum absolute atomic E-state index is 0.126. The number of benzene rings is 2. The van der Waals surface area contributed by atoms with Crippen molar-refractivity contribution in [3.63, 3.8) is 0 Å². The summed E-state index contributed by atoms with van der Waals surface area (Å²) in [5, 5.41) is 5.94. The largest absolute Gasteiger partial charge is 0.490 e. The van der Waals surface area contributed by atoms with Gasteiger partial charge in [-0.1, -0.05) is 23.7 Å². The summed E-state index contributed by atoms with van der Waals surface area (Å²) >= 11 is 6.46.